The Morgan fingerprint density at radius 3 is 2.31 bits per heavy atom. The number of amides is 3. The van der Waals surface area contributed by atoms with Crippen molar-refractivity contribution in [2.75, 3.05) is 12.4 Å². The van der Waals surface area contributed by atoms with Gasteiger partial charge in [-0.25, -0.2) is 0 Å². The number of phenols is 1. The summed E-state index contributed by atoms with van der Waals surface area (Å²) in [5.74, 6) is -1.33. The fourth-order valence-electron chi connectivity index (χ4n) is 2.80. The second kappa shape index (κ2) is 5.98. The summed E-state index contributed by atoms with van der Waals surface area (Å²) < 4.78 is 0. The molecule has 0 atom stereocenters. The standard InChI is InChI=1S/C20H20N2O4/c1-20(2,3)12-6-8-16(23)15(10-12)21-17(24)11-5-7-13-14(9-11)19(26)22(4)18(13)25/h5-10,23H,1-4H3,(H,21,24). The van der Waals surface area contributed by atoms with E-state index < -0.39 is 11.8 Å². The first-order valence-electron chi connectivity index (χ1n) is 8.21. The summed E-state index contributed by atoms with van der Waals surface area (Å²) in [4.78, 5) is 37.6. The van der Waals surface area contributed by atoms with Crippen molar-refractivity contribution in [3.8, 4) is 5.75 Å². The number of carbonyl (C=O) groups excluding carboxylic acids is 3. The highest BCUT2D eigenvalue weighted by atomic mass is 16.3. The molecule has 0 aliphatic carbocycles. The van der Waals surface area contributed by atoms with E-state index in [1.54, 1.807) is 12.1 Å². The SMILES string of the molecule is CN1C(=O)c2ccc(C(=O)Nc3cc(C(C)(C)C)ccc3O)cc2C1=O. The zero-order valence-corrected chi connectivity index (χ0v) is 15.1. The third-order valence-electron chi connectivity index (χ3n) is 4.46. The first kappa shape index (κ1) is 17.7. The average molecular weight is 352 g/mol. The van der Waals surface area contributed by atoms with E-state index in [2.05, 4.69) is 5.32 Å². The van der Waals surface area contributed by atoms with Crippen LogP contribution in [0.5, 0.6) is 5.75 Å². The lowest BCUT2D eigenvalue weighted by Gasteiger charge is -2.20. The molecule has 0 saturated heterocycles. The maximum Gasteiger partial charge on any atom is 0.261 e. The molecule has 0 radical (unpaired) electrons. The summed E-state index contributed by atoms with van der Waals surface area (Å²) in [5.41, 5.74) is 1.84. The van der Waals surface area contributed by atoms with Crippen molar-refractivity contribution in [1.29, 1.82) is 0 Å². The van der Waals surface area contributed by atoms with Gasteiger partial charge in [-0.3, -0.25) is 19.3 Å². The molecule has 134 valence electrons. The van der Waals surface area contributed by atoms with Gasteiger partial charge < -0.3 is 10.4 Å². The Kier molecular flexibility index (Phi) is 4.06. The Labute approximate surface area is 151 Å². The second-order valence-electron chi connectivity index (χ2n) is 7.37. The summed E-state index contributed by atoms with van der Waals surface area (Å²) >= 11 is 0. The number of benzene rings is 2. The molecule has 0 fully saturated rings. The molecule has 0 bridgehead atoms. The van der Waals surface area contributed by atoms with Gasteiger partial charge in [-0.05, 0) is 41.3 Å². The van der Waals surface area contributed by atoms with Gasteiger partial charge in [0.25, 0.3) is 17.7 Å². The number of rotatable bonds is 2. The van der Waals surface area contributed by atoms with Crippen LogP contribution in [0.15, 0.2) is 36.4 Å². The van der Waals surface area contributed by atoms with Crippen LogP contribution in [-0.2, 0) is 5.41 Å². The number of nitrogens with zero attached hydrogens (tertiary/aromatic N) is 1. The first-order valence-corrected chi connectivity index (χ1v) is 8.21. The lowest BCUT2D eigenvalue weighted by atomic mass is 9.87. The highest BCUT2D eigenvalue weighted by molar-refractivity contribution is 6.22. The van der Waals surface area contributed by atoms with Crippen molar-refractivity contribution >= 4 is 23.4 Å². The third-order valence-corrected chi connectivity index (χ3v) is 4.46. The van der Waals surface area contributed by atoms with E-state index in [4.69, 9.17) is 0 Å². The number of phenolic OH excluding ortho intramolecular Hbond substituents is 1. The van der Waals surface area contributed by atoms with Crippen LogP contribution >= 0.6 is 0 Å². The molecular formula is C20H20N2O4. The highest BCUT2D eigenvalue weighted by Crippen LogP contribution is 2.31. The molecular weight excluding hydrogens is 332 g/mol. The van der Waals surface area contributed by atoms with Crippen LogP contribution in [0, 0.1) is 0 Å². The summed E-state index contributed by atoms with van der Waals surface area (Å²) in [6.45, 7) is 6.10. The molecule has 2 aromatic carbocycles. The topological polar surface area (TPSA) is 86.7 Å². The van der Waals surface area contributed by atoms with E-state index in [9.17, 15) is 19.5 Å². The van der Waals surface area contributed by atoms with Crippen molar-refractivity contribution in [1.82, 2.24) is 4.90 Å². The normalized spacial score (nSPS) is 13.8. The number of aromatic hydroxyl groups is 1. The van der Waals surface area contributed by atoms with E-state index in [-0.39, 0.29) is 33.8 Å². The van der Waals surface area contributed by atoms with Crippen molar-refractivity contribution in [3.63, 3.8) is 0 Å². The van der Waals surface area contributed by atoms with E-state index in [0.29, 0.717) is 5.69 Å². The zero-order chi connectivity index (χ0) is 19.2. The molecule has 0 aromatic heterocycles. The molecule has 2 aromatic rings. The van der Waals surface area contributed by atoms with Crippen LogP contribution in [0.3, 0.4) is 0 Å². The highest BCUT2D eigenvalue weighted by Gasteiger charge is 2.33. The fraction of sp³-hybridized carbons (Fsp3) is 0.250. The monoisotopic (exact) mass is 352 g/mol. The average Bonchev–Trinajstić information content (AvgIpc) is 2.80. The second-order valence-corrected chi connectivity index (χ2v) is 7.37. The number of hydrogen-bond donors (Lipinski definition) is 2. The molecule has 1 aliphatic rings. The summed E-state index contributed by atoms with van der Waals surface area (Å²) in [6, 6.07) is 9.43. The minimum Gasteiger partial charge on any atom is -0.506 e. The van der Waals surface area contributed by atoms with Gasteiger partial charge in [0.1, 0.15) is 5.75 Å². The van der Waals surface area contributed by atoms with Crippen LogP contribution < -0.4 is 5.32 Å². The van der Waals surface area contributed by atoms with Gasteiger partial charge in [0.2, 0.25) is 0 Å². The fourth-order valence-corrected chi connectivity index (χ4v) is 2.80. The van der Waals surface area contributed by atoms with Gasteiger partial charge in [0.05, 0.1) is 16.8 Å². The summed E-state index contributed by atoms with van der Waals surface area (Å²) in [7, 11) is 1.40. The van der Waals surface area contributed by atoms with Gasteiger partial charge in [0, 0.05) is 12.6 Å². The van der Waals surface area contributed by atoms with Crippen molar-refractivity contribution < 1.29 is 19.5 Å². The van der Waals surface area contributed by atoms with Crippen LogP contribution in [0.25, 0.3) is 0 Å². The third kappa shape index (κ3) is 2.94. The first-order chi connectivity index (χ1) is 12.1. The number of nitrogens with one attached hydrogen (secondary N) is 1. The predicted octanol–water partition coefficient (Wildman–Crippen LogP) is 3.17. The minimum absolute atomic E-state index is 0.0431. The molecule has 0 spiro atoms. The Morgan fingerprint density at radius 2 is 1.65 bits per heavy atom. The minimum atomic E-state index is -0.469. The zero-order valence-electron chi connectivity index (χ0n) is 15.1. The molecule has 3 rings (SSSR count). The van der Waals surface area contributed by atoms with Crippen LogP contribution in [0.1, 0.15) is 57.4 Å². The number of imide groups is 1. The van der Waals surface area contributed by atoms with Crippen LogP contribution in [-0.4, -0.2) is 34.8 Å². The smallest absolute Gasteiger partial charge is 0.261 e. The quantitative estimate of drug-likeness (QED) is 0.642. The maximum absolute atomic E-state index is 12.6. The van der Waals surface area contributed by atoms with Crippen molar-refractivity contribution in [2.45, 2.75) is 26.2 Å². The molecule has 0 saturated carbocycles. The predicted molar refractivity (Wildman–Crippen MR) is 97.6 cm³/mol. The van der Waals surface area contributed by atoms with Crippen molar-refractivity contribution in [3.05, 3.63) is 58.7 Å². The number of anilines is 1. The Morgan fingerprint density at radius 1 is 1.00 bits per heavy atom. The summed E-state index contributed by atoms with van der Waals surface area (Å²) in [6.07, 6.45) is 0. The van der Waals surface area contributed by atoms with Gasteiger partial charge in [-0.1, -0.05) is 26.8 Å². The lowest BCUT2D eigenvalue weighted by molar-refractivity contribution is 0.0693. The van der Waals surface area contributed by atoms with Gasteiger partial charge in [0.15, 0.2) is 0 Å². The van der Waals surface area contributed by atoms with E-state index in [0.717, 1.165) is 10.5 Å². The number of carbonyl (C=O) groups is 3. The largest absolute Gasteiger partial charge is 0.506 e. The lowest BCUT2D eigenvalue weighted by Crippen LogP contribution is -2.24. The number of hydrogen-bond acceptors (Lipinski definition) is 4. The molecule has 26 heavy (non-hydrogen) atoms. The van der Waals surface area contributed by atoms with Crippen molar-refractivity contribution in [2.24, 2.45) is 0 Å². The summed E-state index contributed by atoms with van der Waals surface area (Å²) in [5, 5.41) is 12.7. The van der Waals surface area contributed by atoms with E-state index in [1.807, 2.05) is 20.8 Å². The number of fused-ring (bicyclic) bond motifs is 1. The van der Waals surface area contributed by atoms with Crippen LogP contribution in [0.4, 0.5) is 5.69 Å². The van der Waals surface area contributed by atoms with Crippen LogP contribution in [0.2, 0.25) is 0 Å². The molecule has 1 heterocycles. The van der Waals surface area contributed by atoms with E-state index >= 15 is 0 Å². The molecule has 6 heteroatoms. The Bertz CT molecular complexity index is 941. The van der Waals surface area contributed by atoms with Gasteiger partial charge in [-0.2, -0.15) is 0 Å². The maximum atomic E-state index is 12.6. The molecule has 6 nitrogen and oxygen atoms in total. The van der Waals surface area contributed by atoms with E-state index in [1.165, 1.54) is 31.3 Å². The molecule has 3 amide bonds. The van der Waals surface area contributed by atoms with Gasteiger partial charge in [-0.15, -0.1) is 0 Å². The van der Waals surface area contributed by atoms with Gasteiger partial charge >= 0.3 is 0 Å². The Balaban J connectivity index is 1.91. The molecule has 1 aliphatic heterocycles. The Hall–Kier alpha value is -3.15. The molecule has 0 unspecified atom stereocenters. The molecule has 2 N–H and O–H groups in total.